The van der Waals surface area contributed by atoms with E-state index >= 15 is 0 Å². The first kappa shape index (κ1) is 14.0. The Morgan fingerprint density at radius 2 is 2.42 bits per heavy atom. The van der Waals surface area contributed by atoms with Gasteiger partial charge in [0.1, 0.15) is 0 Å². The van der Waals surface area contributed by atoms with Crippen LogP contribution in [0.5, 0.6) is 0 Å². The van der Waals surface area contributed by atoms with Crippen LogP contribution in [-0.4, -0.2) is 48.8 Å². The lowest BCUT2D eigenvalue weighted by Gasteiger charge is -2.26. The Hall–Kier alpha value is -1.40. The van der Waals surface area contributed by atoms with Crippen LogP contribution < -0.4 is 5.32 Å². The summed E-state index contributed by atoms with van der Waals surface area (Å²) in [4.78, 5) is 13.8. The molecule has 0 bridgehead atoms. The number of likely N-dealkylation sites (N-methyl/N-ethyl adjacent to an activating group) is 1. The molecule has 0 aliphatic carbocycles. The number of hydrogen-bond donors (Lipinski definition) is 1. The maximum absolute atomic E-state index is 11.8. The molecule has 0 aromatic carbocycles. The number of amides is 1. The van der Waals surface area contributed by atoms with Crippen molar-refractivity contribution in [2.45, 2.75) is 32.3 Å². The van der Waals surface area contributed by atoms with Crippen LogP contribution >= 0.6 is 0 Å². The summed E-state index contributed by atoms with van der Waals surface area (Å²) in [5.41, 5.74) is 0.749. The van der Waals surface area contributed by atoms with Gasteiger partial charge in [0.15, 0.2) is 0 Å². The topological polar surface area (TPSA) is 67.6 Å². The van der Waals surface area contributed by atoms with Crippen LogP contribution in [0.3, 0.4) is 0 Å². The second-order valence-corrected chi connectivity index (χ2v) is 5.07. The first-order valence-corrected chi connectivity index (χ1v) is 6.67. The molecule has 1 N–H and O–H groups in total. The predicted octanol–water partition coefficient (Wildman–Crippen LogP) is 1.42. The van der Waals surface area contributed by atoms with Crippen LogP contribution in [-0.2, 0) is 9.53 Å². The van der Waals surface area contributed by atoms with E-state index in [1.54, 1.807) is 6.07 Å². The third kappa shape index (κ3) is 4.65. The third-order valence-corrected chi connectivity index (χ3v) is 3.09. The molecule has 1 unspecified atom stereocenters. The number of rotatable bonds is 5. The fourth-order valence-corrected chi connectivity index (χ4v) is 2.21. The molecule has 1 aromatic heterocycles. The highest BCUT2D eigenvalue weighted by atomic mass is 16.5. The molecule has 2 rings (SSSR count). The molecular weight excluding hydrogens is 246 g/mol. The minimum Gasteiger partial charge on any atom is -0.377 e. The maximum Gasteiger partial charge on any atom is 0.240 e. The lowest BCUT2D eigenvalue weighted by molar-refractivity contribution is -0.117. The summed E-state index contributed by atoms with van der Waals surface area (Å²) in [6.45, 7) is 3.75. The van der Waals surface area contributed by atoms with Crippen LogP contribution in [0, 0.1) is 6.92 Å². The van der Waals surface area contributed by atoms with E-state index < -0.39 is 0 Å². The summed E-state index contributed by atoms with van der Waals surface area (Å²) in [5.74, 6) is 0.291. The fraction of sp³-hybridized carbons (Fsp3) is 0.692. The number of anilines is 1. The molecule has 6 heteroatoms. The van der Waals surface area contributed by atoms with Gasteiger partial charge >= 0.3 is 0 Å². The number of nitrogens with one attached hydrogen (secondary N) is 1. The van der Waals surface area contributed by atoms with Gasteiger partial charge in [-0.3, -0.25) is 15.0 Å². The fourth-order valence-electron chi connectivity index (χ4n) is 2.21. The van der Waals surface area contributed by atoms with Gasteiger partial charge in [-0.05, 0) is 33.2 Å². The lowest BCUT2D eigenvalue weighted by atomic mass is 10.1. The van der Waals surface area contributed by atoms with E-state index in [1.807, 2.05) is 18.9 Å². The van der Waals surface area contributed by atoms with Crippen LogP contribution in [0.25, 0.3) is 0 Å². The molecule has 0 radical (unpaired) electrons. The van der Waals surface area contributed by atoms with E-state index in [1.165, 1.54) is 6.42 Å². The van der Waals surface area contributed by atoms with Gasteiger partial charge in [0.05, 0.1) is 18.3 Å². The Balaban J connectivity index is 1.71. The van der Waals surface area contributed by atoms with E-state index in [0.717, 1.165) is 31.7 Å². The van der Waals surface area contributed by atoms with E-state index in [4.69, 9.17) is 9.26 Å². The smallest absolute Gasteiger partial charge is 0.240 e. The predicted molar refractivity (Wildman–Crippen MR) is 71.0 cm³/mol. The van der Waals surface area contributed by atoms with Crippen molar-refractivity contribution in [1.82, 2.24) is 10.1 Å². The van der Waals surface area contributed by atoms with E-state index in [9.17, 15) is 4.79 Å². The van der Waals surface area contributed by atoms with Crippen molar-refractivity contribution in [3.8, 4) is 0 Å². The van der Waals surface area contributed by atoms with Crippen molar-refractivity contribution in [2.24, 2.45) is 0 Å². The molecule has 106 valence electrons. The molecule has 1 aliphatic heterocycles. The molecule has 6 nitrogen and oxygen atoms in total. The standard InChI is InChI=1S/C13H21N3O3/c1-10-7-13(19-15-10)14-12(17)9-16(2)8-11-5-3-4-6-18-11/h7,11H,3-6,8-9H2,1-2H3,(H,14,17). The first-order chi connectivity index (χ1) is 9.13. The van der Waals surface area contributed by atoms with Gasteiger partial charge in [0.2, 0.25) is 11.8 Å². The Morgan fingerprint density at radius 1 is 1.58 bits per heavy atom. The molecule has 1 aromatic rings. The average Bonchev–Trinajstić information content (AvgIpc) is 2.75. The van der Waals surface area contributed by atoms with Gasteiger partial charge < -0.3 is 9.26 Å². The van der Waals surface area contributed by atoms with Gasteiger partial charge in [-0.25, -0.2) is 0 Å². The SMILES string of the molecule is Cc1cc(NC(=O)CN(C)CC2CCCCO2)on1. The molecule has 1 saturated heterocycles. The van der Waals surface area contributed by atoms with Crippen LogP contribution in [0.2, 0.25) is 0 Å². The number of aryl methyl sites for hydroxylation is 1. The summed E-state index contributed by atoms with van der Waals surface area (Å²) in [6.07, 6.45) is 3.68. The molecule has 2 heterocycles. The molecule has 0 saturated carbocycles. The molecule has 1 amide bonds. The third-order valence-electron chi connectivity index (χ3n) is 3.09. The largest absolute Gasteiger partial charge is 0.377 e. The number of nitrogens with zero attached hydrogens (tertiary/aromatic N) is 2. The van der Waals surface area contributed by atoms with Crippen molar-refractivity contribution in [1.29, 1.82) is 0 Å². The monoisotopic (exact) mass is 267 g/mol. The Labute approximate surface area is 113 Å². The lowest BCUT2D eigenvalue weighted by Crippen LogP contribution is -2.37. The zero-order chi connectivity index (χ0) is 13.7. The van der Waals surface area contributed by atoms with E-state index in [-0.39, 0.29) is 12.0 Å². The minimum absolute atomic E-state index is 0.102. The number of hydrogen-bond acceptors (Lipinski definition) is 5. The summed E-state index contributed by atoms with van der Waals surface area (Å²) in [6, 6.07) is 1.70. The average molecular weight is 267 g/mol. The number of carbonyl (C=O) groups excluding carboxylic acids is 1. The van der Waals surface area contributed by atoms with Crippen LogP contribution in [0.15, 0.2) is 10.6 Å². The number of ether oxygens (including phenoxy) is 1. The molecule has 1 fully saturated rings. The summed E-state index contributed by atoms with van der Waals surface area (Å²) in [5, 5.41) is 6.40. The highest BCUT2D eigenvalue weighted by Gasteiger charge is 2.17. The van der Waals surface area contributed by atoms with Gasteiger partial charge in [-0.1, -0.05) is 5.16 Å². The first-order valence-electron chi connectivity index (χ1n) is 6.67. The van der Waals surface area contributed by atoms with Gasteiger partial charge in [0, 0.05) is 19.2 Å². The summed E-state index contributed by atoms with van der Waals surface area (Å²) >= 11 is 0. The van der Waals surface area contributed by atoms with Crippen molar-refractivity contribution < 1.29 is 14.1 Å². The molecule has 19 heavy (non-hydrogen) atoms. The highest BCUT2D eigenvalue weighted by molar-refractivity contribution is 5.90. The Kier molecular flexibility index (Phi) is 4.93. The van der Waals surface area contributed by atoms with Gasteiger partial charge in [0.25, 0.3) is 0 Å². The zero-order valence-electron chi connectivity index (χ0n) is 11.5. The number of carbonyl (C=O) groups is 1. The minimum atomic E-state index is -0.102. The molecule has 1 atom stereocenters. The number of aromatic nitrogens is 1. The van der Waals surface area contributed by atoms with Crippen molar-refractivity contribution in [2.75, 3.05) is 32.1 Å². The molecule has 0 spiro atoms. The quantitative estimate of drug-likeness (QED) is 0.874. The van der Waals surface area contributed by atoms with Crippen molar-refractivity contribution in [3.05, 3.63) is 11.8 Å². The Bertz CT molecular complexity index is 413. The van der Waals surface area contributed by atoms with Crippen LogP contribution in [0.1, 0.15) is 25.0 Å². The second-order valence-electron chi connectivity index (χ2n) is 5.07. The van der Waals surface area contributed by atoms with Crippen LogP contribution in [0.4, 0.5) is 5.88 Å². The normalized spacial score (nSPS) is 19.6. The van der Waals surface area contributed by atoms with Gasteiger partial charge in [-0.2, -0.15) is 0 Å². The molecule has 1 aliphatic rings. The zero-order valence-corrected chi connectivity index (χ0v) is 11.5. The van der Waals surface area contributed by atoms with Crippen molar-refractivity contribution in [3.63, 3.8) is 0 Å². The van der Waals surface area contributed by atoms with E-state index in [2.05, 4.69) is 10.5 Å². The highest BCUT2D eigenvalue weighted by Crippen LogP contribution is 2.13. The van der Waals surface area contributed by atoms with Crippen molar-refractivity contribution >= 4 is 11.8 Å². The maximum atomic E-state index is 11.8. The molecular formula is C13H21N3O3. The second kappa shape index (κ2) is 6.68. The summed E-state index contributed by atoms with van der Waals surface area (Å²) < 4.78 is 10.6. The van der Waals surface area contributed by atoms with E-state index in [0.29, 0.717) is 12.4 Å². The summed E-state index contributed by atoms with van der Waals surface area (Å²) in [7, 11) is 1.92. The Morgan fingerprint density at radius 3 is 3.05 bits per heavy atom. The van der Waals surface area contributed by atoms with Gasteiger partial charge in [-0.15, -0.1) is 0 Å².